The first kappa shape index (κ1) is 10.6. The van der Waals surface area contributed by atoms with Gasteiger partial charge in [-0.1, -0.05) is 0 Å². The van der Waals surface area contributed by atoms with Gasteiger partial charge in [0.25, 0.3) is 0 Å². The number of rotatable bonds is 4. The van der Waals surface area contributed by atoms with Gasteiger partial charge in [-0.3, -0.25) is 9.59 Å². The fourth-order valence-electron chi connectivity index (χ4n) is 0.625. The number of nitrogens with two attached hydrogens (primary N) is 2. The molecule has 0 spiro atoms. The summed E-state index contributed by atoms with van der Waals surface area (Å²) in [7, 11) is 0. The average molecular weight is 174 g/mol. The van der Waals surface area contributed by atoms with Gasteiger partial charge in [-0.15, -0.1) is 0 Å². The number of carbonyl (C=O) groups excluding carboxylic acids is 2. The summed E-state index contributed by atoms with van der Waals surface area (Å²) < 4.78 is 0. The molecule has 12 heavy (non-hydrogen) atoms. The van der Waals surface area contributed by atoms with E-state index in [9.17, 15) is 14.4 Å². The first-order valence-corrected chi connectivity index (χ1v) is 3.12. The molecule has 5 N–H and O–H groups in total. The standard InChI is InChI=1S/C6H10N2O4/c1-3(9)6(8,5(11)12)2-4(7)10/h2,8H2,1H3,(H2,7,10)(H,11,12). The van der Waals surface area contributed by atoms with Crippen molar-refractivity contribution in [1.82, 2.24) is 0 Å². The molecule has 0 rings (SSSR count). The Morgan fingerprint density at radius 3 is 1.92 bits per heavy atom. The largest absolute Gasteiger partial charge is 0.480 e. The van der Waals surface area contributed by atoms with Crippen LogP contribution in [-0.2, 0) is 14.4 Å². The molecule has 0 radical (unpaired) electrons. The lowest BCUT2D eigenvalue weighted by molar-refractivity contribution is -0.149. The van der Waals surface area contributed by atoms with Crippen LogP contribution in [0.4, 0.5) is 0 Å². The summed E-state index contributed by atoms with van der Waals surface area (Å²) in [4.78, 5) is 31.5. The molecule has 0 aliphatic rings. The Bertz CT molecular complexity index is 222. The second-order valence-electron chi connectivity index (χ2n) is 2.48. The van der Waals surface area contributed by atoms with Gasteiger partial charge in [-0.25, -0.2) is 4.79 Å². The number of ketones is 1. The van der Waals surface area contributed by atoms with Crippen LogP contribution in [-0.4, -0.2) is 28.3 Å². The van der Waals surface area contributed by atoms with Crippen LogP contribution in [0.1, 0.15) is 13.3 Å². The minimum absolute atomic E-state index is 0.683. The normalized spacial score (nSPS) is 14.8. The summed E-state index contributed by atoms with van der Waals surface area (Å²) in [6, 6.07) is 0. The first-order valence-electron chi connectivity index (χ1n) is 3.12. The molecule has 0 aromatic heterocycles. The van der Waals surface area contributed by atoms with Gasteiger partial charge in [0.15, 0.2) is 11.3 Å². The molecule has 0 fully saturated rings. The van der Waals surface area contributed by atoms with Crippen molar-refractivity contribution in [2.24, 2.45) is 11.5 Å². The number of hydrogen-bond donors (Lipinski definition) is 3. The Balaban J connectivity index is 4.75. The van der Waals surface area contributed by atoms with E-state index in [1.54, 1.807) is 0 Å². The molecule has 0 aliphatic heterocycles. The molecule has 1 unspecified atom stereocenters. The summed E-state index contributed by atoms with van der Waals surface area (Å²) in [5.74, 6) is -3.27. The third-order valence-electron chi connectivity index (χ3n) is 1.46. The minimum Gasteiger partial charge on any atom is -0.480 e. The fraction of sp³-hybridized carbons (Fsp3) is 0.500. The second-order valence-corrected chi connectivity index (χ2v) is 2.48. The maximum atomic E-state index is 10.7. The number of Topliss-reactive ketones (excluding diaryl/α,β-unsaturated/α-hetero) is 1. The summed E-state index contributed by atoms with van der Waals surface area (Å²) in [6.07, 6.45) is -0.683. The first-order chi connectivity index (χ1) is 5.30. The van der Waals surface area contributed by atoms with Crippen LogP contribution in [0.3, 0.4) is 0 Å². The van der Waals surface area contributed by atoms with E-state index in [1.165, 1.54) is 0 Å². The number of carboxylic acids is 1. The van der Waals surface area contributed by atoms with Gasteiger partial charge in [0.2, 0.25) is 5.91 Å². The number of primary amides is 1. The molecule has 1 atom stereocenters. The second kappa shape index (κ2) is 3.31. The van der Waals surface area contributed by atoms with E-state index in [0.29, 0.717) is 0 Å². The quantitative estimate of drug-likeness (QED) is 0.435. The molecule has 0 heterocycles. The van der Waals surface area contributed by atoms with Gasteiger partial charge in [0.1, 0.15) is 0 Å². The molecule has 0 saturated heterocycles. The van der Waals surface area contributed by atoms with Crippen molar-refractivity contribution in [3.63, 3.8) is 0 Å². The van der Waals surface area contributed by atoms with Gasteiger partial charge in [-0.2, -0.15) is 0 Å². The summed E-state index contributed by atoms with van der Waals surface area (Å²) in [5.41, 5.74) is 7.68. The van der Waals surface area contributed by atoms with Gasteiger partial charge in [-0.05, 0) is 6.92 Å². The van der Waals surface area contributed by atoms with Crippen LogP contribution in [0.25, 0.3) is 0 Å². The Kier molecular flexibility index (Phi) is 2.92. The SMILES string of the molecule is CC(=O)C(N)(CC(N)=O)C(=O)O. The number of carboxylic acid groups (broad SMARTS) is 1. The smallest absolute Gasteiger partial charge is 0.331 e. The number of hydrogen-bond acceptors (Lipinski definition) is 4. The van der Waals surface area contributed by atoms with Crippen molar-refractivity contribution in [1.29, 1.82) is 0 Å². The van der Waals surface area contributed by atoms with E-state index >= 15 is 0 Å². The average Bonchev–Trinajstić information content (AvgIpc) is 1.84. The van der Waals surface area contributed by atoms with E-state index in [-0.39, 0.29) is 0 Å². The lowest BCUT2D eigenvalue weighted by Crippen LogP contribution is -2.56. The number of amides is 1. The van der Waals surface area contributed by atoms with Gasteiger partial charge >= 0.3 is 5.97 Å². The van der Waals surface area contributed by atoms with E-state index in [4.69, 9.17) is 16.6 Å². The van der Waals surface area contributed by atoms with E-state index in [2.05, 4.69) is 0 Å². The maximum Gasteiger partial charge on any atom is 0.331 e. The topological polar surface area (TPSA) is 123 Å². The Labute approximate surface area is 68.5 Å². The number of aliphatic carboxylic acids is 1. The van der Waals surface area contributed by atoms with Crippen LogP contribution in [0.5, 0.6) is 0 Å². The zero-order chi connectivity index (χ0) is 9.94. The lowest BCUT2D eigenvalue weighted by Gasteiger charge is -2.18. The third kappa shape index (κ3) is 2.03. The van der Waals surface area contributed by atoms with Crippen LogP contribution in [0, 0.1) is 0 Å². The summed E-state index contributed by atoms with van der Waals surface area (Å²) >= 11 is 0. The molecule has 0 bridgehead atoms. The van der Waals surface area contributed by atoms with E-state index < -0.39 is 29.6 Å². The predicted octanol–water partition coefficient (Wildman–Crippen LogP) is -1.77. The molecule has 68 valence electrons. The van der Waals surface area contributed by atoms with Crippen molar-refractivity contribution in [2.45, 2.75) is 18.9 Å². The van der Waals surface area contributed by atoms with Crippen molar-refractivity contribution >= 4 is 17.7 Å². The molecule has 0 aromatic carbocycles. The predicted molar refractivity (Wildman–Crippen MR) is 39.0 cm³/mol. The molecule has 0 aromatic rings. The van der Waals surface area contributed by atoms with E-state index in [1.807, 2.05) is 0 Å². The maximum absolute atomic E-state index is 10.7. The van der Waals surface area contributed by atoms with Crippen LogP contribution in [0.2, 0.25) is 0 Å². The Morgan fingerprint density at radius 1 is 1.42 bits per heavy atom. The Hall–Kier alpha value is -1.43. The third-order valence-corrected chi connectivity index (χ3v) is 1.46. The fourth-order valence-corrected chi connectivity index (χ4v) is 0.625. The Morgan fingerprint density at radius 2 is 1.83 bits per heavy atom. The van der Waals surface area contributed by atoms with Crippen molar-refractivity contribution < 1.29 is 19.5 Å². The highest BCUT2D eigenvalue weighted by Crippen LogP contribution is 2.07. The molecule has 6 nitrogen and oxygen atoms in total. The van der Waals surface area contributed by atoms with Crippen LogP contribution in [0.15, 0.2) is 0 Å². The molecular formula is C6H10N2O4. The highest BCUT2D eigenvalue weighted by molar-refractivity contribution is 6.09. The zero-order valence-electron chi connectivity index (χ0n) is 6.53. The highest BCUT2D eigenvalue weighted by atomic mass is 16.4. The molecule has 0 aliphatic carbocycles. The van der Waals surface area contributed by atoms with Crippen molar-refractivity contribution in [3.8, 4) is 0 Å². The summed E-state index contributed by atoms with van der Waals surface area (Å²) in [5, 5.41) is 8.50. The lowest BCUT2D eigenvalue weighted by atomic mass is 9.92. The van der Waals surface area contributed by atoms with Gasteiger partial charge in [0.05, 0.1) is 6.42 Å². The highest BCUT2D eigenvalue weighted by Gasteiger charge is 2.40. The minimum atomic E-state index is -2.17. The van der Waals surface area contributed by atoms with Crippen LogP contribution < -0.4 is 11.5 Å². The van der Waals surface area contributed by atoms with Crippen LogP contribution >= 0.6 is 0 Å². The summed E-state index contributed by atoms with van der Waals surface area (Å²) in [6.45, 7) is 0.997. The van der Waals surface area contributed by atoms with Gasteiger partial charge in [0, 0.05) is 0 Å². The van der Waals surface area contributed by atoms with Gasteiger partial charge < -0.3 is 16.6 Å². The van der Waals surface area contributed by atoms with Crippen molar-refractivity contribution in [3.05, 3.63) is 0 Å². The van der Waals surface area contributed by atoms with Crippen molar-refractivity contribution in [2.75, 3.05) is 0 Å². The molecule has 0 saturated carbocycles. The van der Waals surface area contributed by atoms with E-state index in [0.717, 1.165) is 6.92 Å². The zero-order valence-corrected chi connectivity index (χ0v) is 6.53. The number of carbonyl (C=O) groups is 3. The monoisotopic (exact) mass is 174 g/mol. The molecular weight excluding hydrogens is 164 g/mol. The molecule has 6 heteroatoms. The molecule has 1 amide bonds.